The van der Waals surface area contributed by atoms with Crippen LogP contribution in [0.5, 0.6) is 0 Å². The molecule has 11 nitrogen and oxygen atoms in total. The van der Waals surface area contributed by atoms with E-state index in [-0.39, 0.29) is 16.7 Å². The Bertz CT molecular complexity index is 1960. The Labute approximate surface area is 256 Å². The zero-order valence-corrected chi connectivity index (χ0v) is 24.1. The highest BCUT2D eigenvalue weighted by Gasteiger charge is 2.40. The fourth-order valence-electron chi connectivity index (χ4n) is 5.49. The van der Waals surface area contributed by atoms with Crippen LogP contribution in [0.4, 0.5) is 11.4 Å². The van der Waals surface area contributed by atoms with Gasteiger partial charge in [0, 0.05) is 17.6 Å². The average Bonchev–Trinajstić information content (AvgIpc) is 3.59. The molecule has 45 heavy (non-hydrogen) atoms. The van der Waals surface area contributed by atoms with Crippen LogP contribution in [0.15, 0.2) is 89.3 Å². The van der Waals surface area contributed by atoms with Crippen LogP contribution < -0.4 is 14.9 Å². The van der Waals surface area contributed by atoms with E-state index in [2.05, 4.69) is 0 Å². The number of anilines is 1. The van der Waals surface area contributed by atoms with Crippen molar-refractivity contribution < 1.29 is 43.4 Å². The van der Waals surface area contributed by atoms with Gasteiger partial charge in [0.05, 0.1) is 29.9 Å². The molecule has 1 aromatic heterocycles. The van der Waals surface area contributed by atoms with Crippen molar-refractivity contribution >= 4 is 46.2 Å². The number of hydrogen-bond donors (Lipinski definition) is 2. The number of carbonyl (C=O) groups excluding carboxylic acids is 3. The molecule has 2 N–H and O–H groups in total. The molecule has 11 heteroatoms. The van der Waals surface area contributed by atoms with E-state index in [0.29, 0.717) is 54.5 Å². The number of quaternary nitrogens is 1. The smallest absolute Gasteiger partial charge is 0.335 e. The number of rotatable bonds is 5. The lowest BCUT2D eigenvalue weighted by molar-refractivity contribution is -0.841. The van der Waals surface area contributed by atoms with E-state index in [1.807, 2.05) is 60.7 Å². The van der Waals surface area contributed by atoms with E-state index < -0.39 is 23.8 Å². The van der Waals surface area contributed by atoms with E-state index in [4.69, 9.17) is 24.0 Å². The van der Waals surface area contributed by atoms with E-state index in [1.54, 1.807) is 6.07 Å². The van der Waals surface area contributed by atoms with Gasteiger partial charge in [-0.15, -0.1) is 0 Å². The number of nitrogens with one attached hydrogen (secondary N) is 1. The highest BCUT2D eigenvalue weighted by molar-refractivity contribution is 6.35. The molecule has 0 aliphatic carbocycles. The molecule has 0 atom stereocenters. The van der Waals surface area contributed by atoms with Crippen molar-refractivity contribution in [1.82, 2.24) is 4.98 Å². The van der Waals surface area contributed by atoms with Crippen molar-refractivity contribution in [2.24, 2.45) is 0 Å². The van der Waals surface area contributed by atoms with Crippen LogP contribution in [0.3, 0.4) is 0 Å². The number of benzene rings is 4. The molecular weight excluding hydrogens is 578 g/mol. The maximum absolute atomic E-state index is 13.6. The van der Waals surface area contributed by atoms with Crippen molar-refractivity contribution in [3.05, 3.63) is 102 Å². The molecule has 2 amide bonds. The summed E-state index contributed by atoms with van der Waals surface area (Å²) in [6.45, 7) is 3.42. The molecule has 2 aliphatic heterocycles. The average molecular weight is 606 g/mol. The van der Waals surface area contributed by atoms with Gasteiger partial charge in [0.1, 0.15) is 24.3 Å². The third kappa shape index (κ3) is 5.81. The first-order valence-electron chi connectivity index (χ1n) is 14.2. The highest BCUT2D eigenvalue weighted by atomic mass is 16.5. The van der Waals surface area contributed by atoms with Gasteiger partial charge in [0.15, 0.2) is 11.3 Å². The van der Waals surface area contributed by atoms with Gasteiger partial charge in [-0.25, -0.2) is 14.7 Å². The molecule has 226 valence electrons. The quantitative estimate of drug-likeness (QED) is 0.288. The number of oxazole rings is 1. The van der Waals surface area contributed by atoms with E-state index in [1.165, 1.54) is 18.2 Å². The lowest BCUT2D eigenvalue weighted by Gasteiger charge is -2.27. The Hall–Kier alpha value is -5.65. The van der Waals surface area contributed by atoms with Gasteiger partial charge in [-0.05, 0) is 60.5 Å². The Morgan fingerprint density at radius 2 is 1.53 bits per heavy atom. The molecule has 4 aromatic carbocycles. The summed E-state index contributed by atoms with van der Waals surface area (Å²) in [6, 6.07) is 25.3. The van der Waals surface area contributed by atoms with Crippen LogP contribution >= 0.6 is 0 Å². The standard InChI is InChI=1S/C32H23N3O6.C2H4O2/c36-30-23-9-6-22(32(38)39)16-24(23)31(37)35(30)27-18-21(7-10-26(27)34-12-14-40-15-13-34)29-33-25-17-20(8-11-28(25)41-29)19-4-2-1-3-5-19;1-2(3)4/h1-11,16-18H,12-15H2,(H,38,39);1H3,(H,3,4). The number of hydrogen-bond acceptors (Lipinski definition) is 8. The minimum absolute atomic E-state index is 0.0547. The predicted molar refractivity (Wildman–Crippen MR) is 161 cm³/mol. The number of carboxylic acids is 2. The van der Waals surface area contributed by atoms with E-state index in [0.717, 1.165) is 33.5 Å². The maximum atomic E-state index is 13.6. The number of aromatic carboxylic acids is 1. The van der Waals surface area contributed by atoms with Crippen LogP contribution in [0.1, 0.15) is 38.0 Å². The zero-order chi connectivity index (χ0) is 31.7. The third-order valence-corrected chi connectivity index (χ3v) is 7.59. The number of aromatic nitrogens is 1. The topological polar surface area (TPSA) is 155 Å². The number of nitrogens with zero attached hydrogens (tertiary/aromatic N) is 2. The lowest BCUT2D eigenvalue weighted by Crippen LogP contribution is -3.09. The minimum atomic E-state index is -1.17. The Kier molecular flexibility index (Phi) is 7.95. The fourth-order valence-corrected chi connectivity index (χ4v) is 5.49. The zero-order valence-electron chi connectivity index (χ0n) is 24.1. The van der Waals surface area contributed by atoms with Crippen LogP contribution in [0, 0.1) is 0 Å². The number of amides is 2. The van der Waals surface area contributed by atoms with Gasteiger partial charge in [0.25, 0.3) is 11.8 Å². The van der Waals surface area contributed by atoms with Crippen LogP contribution in [-0.4, -0.2) is 60.1 Å². The first-order chi connectivity index (χ1) is 21.7. The number of carbonyl (C=O) groups is 4. The van der Waals surface area contributed by atoms with Crippen molar-refractivity contribution in [1.29, 1.82) is 0 Å². The number of fused-ring (bicyclic) bond motifs is 2. The second kappa shape index (κ2) is 12.2. The summed E-state index contributed by atoms with van der Waals surface area (Å²) in [7, 11) is 0. The molecule has 5 aromatic rings. The predicted octanol–water partition coefficient (Wildman–Crippen LogP) is 2.96. The number of aliphatic carboxylic acids is 1. The lowest BCUT2D eigenvalue weighted by atomic mass is 10.1. The van der Waals surface area contributed by atoms with Crippen LogP contribution in [0.25, 0.3) is 33.7 Å². The number of ether oxygens (including phenoxy) is 1. The minimum Gasteiger partial charge on any atom is -0.550 e. The molecule has 3 heterocycles. The van der Waals surface area contributed by atoms with Gasteiger partial charge in [-0.2, -0.15) is 0 Å². The summed E-state index contributed by atoms with van der Waals surface area (Å²) in [5.74, 6) is -2.96. The summed E-state index contributed by atoms with van der Waals surface area (Å²) < 4.78 is 11.6. The Morgan fingerprint density at radius 1 is 0.844 bits per heavy atom. The van der Waals surface area contributed by atoms with E-state index in [9.17, 15) is 19.5 Å². The van der Waals surface area contributed by atoms with E-state index >= 15 is 0 Å². The first kappa shape index (κ1) is 29.4. The molecule has 0 saturated carbocycles. The number of carboxylic acid groups (broad SMARTS) is 2. The molecule has 0 spiro atoms. The Morgan fingerprint density at radius 3 is 2.24 bits per heavy atom. The maximum Gasteiger partial charge on any atom is 0.335 e. The molecule has 7 rings (SSSR count). The van der Waals surface area contributed by atoms with Gasteiger partial charge in [-0.1, -0.05) is 36.4 Å². The monoisotopic (exact) mass is 605 g/mol. The molecular formula is C34H27N3O8. The largest absolute Gasteiger partial charge is 0.550 e. The van der Waals surface area contributed by atoms with Crippen molar-refractivity contribution in [3.8, 4) is 22.6 Å². The second-order valence-electron chi connectivity index (χ2n) is 10.5. The molecule has 0 unspecified atom stereocenters. The van der Waals surface area contributed by atoms with Crippen molar-refractivity contribution in [2.45, 2.75) is 6.92 Å². The van der Waals surface area contributed by atoms with Crippen molar-refractivity contribution in [2.75, 3.05) is 31.2 Å². The molecule has 0 bridgehead atoms. The highest BCUT2D eigenvalue weighted by Crippen LogP contribution is 2.37. The van der Waals surface area contributed by atoms with Gasteiger partial charge < -0.3 is 24.2 Å². The summed E-state index contributed by atoms with van der Waals surface area (Å²) in [5.41, 5.74) is 5.35. The summed E-state index contributed by atoms with van der Waals surface area (Å²) in [6.07, 6.45) is 0. The molecule has 1 fully saturated rings. The van der Waals surface area contributed by atoms with Crippen LogP contribution in [0.2, 0.25) is 0 Å². The molecule has 2 aliphatic rings. The summed E-state index contributed by atoms with van der Waals surface area (Å²) in [5, 5.41) is 18.3. The Balaban J connectivity index is 0.000000845. The first-order valence-corrected chi connectivity index (χ1v) is 14.2. The molecule has 1 saturated heterocycles. The fraction of sp³-hybridized carbons (Fsp3) is 0.147. The normalized spacial score (nSPS) is 14.6. The summed E-state index contributed by atoms with van der Waals surface area (Å²) in [4.78, 5) is 54.6. The second-order valence-corrected chi connectivity index (χ2v) is 10.5. The third-order valence-electron chi connectivity index (χ3n) is 7.59. The van der Waals surface area contributed by atoms with Crippen LogP contribution in [-0.2, 0) is 9.53 Å². The molecule has 0 radical (unpaired) electrons. The van der Waals surface area contributed by atoms with Crippen molar-refractivity contribution in [3.63, 3.8) is 0 Å². The van der Waals surface area contributed by atoms with Gasteiger partial charge in [-0.3, -0.25) is 14.5 Å². The summed E-state index contributed by atoms with van der Waals surface area (Å²) >= 11 is 0. The SMILES string of the molecule is CC(=O)[O-].O=C(O)c1ccc2c(c1)C(=O)N(c1cc(-c3nc4cc(-c5ccccc5)ccc4o3)ccc1[NH+]1CCOCC1)C2=O. The van der Waals surface area contributed by atoms with Gasteiger partial charge >= 0.3 is 5.97 Å². The number of morpholine rings is 1. The number of imide groups is 1. The van der Waals surface area contributed by atoms with Gasteiger partial charge in [0.2, 0.25) is 5.89 Å².